The van der Waals surface area contributed by atoms with E-state index in [0.29, 0.717) is 24.9 Å². The molecule has 4 nitrogen and oxygen atoms in total. The minimum atomic E-state index is -1.64. The van der Waals surface area contributed by atoms with Crippen molar-refractivity contribution in [1.82, 2.24) is 4.90 Å². The van der Waals surface area contributed by atoms with Gasteiger partial charge < -0.3 is 15.1 Å². The molecule has 1 heterocycles. The number of carboxylic acid groups (broad SMARTS) is 1. The average Bonchev–Trinajstić information content (AvgIpc) is 3.09. The summed E-state index contributed by atoms with van der Waals surface area (Å²) < 4.78 is 28.0. The monoisotopic (exact) mass is 425 g/mol. The quantitative estimate of drug-likeness (QED) is 0.767. The molecule has 2 aromatic rings. The molecular formula is C19H18BrF2NO3. The number of carbonyl (C=O) groups is 1. The highest BCUT2D eigenvalue weighted by Crippen LogP contribution is 2.39. The van der Waals surface area contributed by atoms with E-state index in [9.17, 15) is 23.8 Å². The molecule has 1 fully saturated rings. The third-order valence-electron chi connectivity index (χ3n) is 4.88. The third kappa shape index (κ3) is 3.46. The first-order valence-electron chi connectivity index (χ1n) is 8.24. The van der Waals surface area contributed by atoms with Crippen LogP contribution in [-0.4, -0.2) is 33.8 Å². The SMILES string of the molecule is O=C(O)N1CCC[C@H]1[C@](O)(Cc1c(F)cc(F)cc1Br)c1ccccc1. The molecule has 2 N–H and O–H groups in total. The molecule has 2 aromatic carbocycles. The second-order valence-electron chi connectivity index (χ2n) is 6.45. The van der Waals surface area contributed by atoms with Gasteiger partial charge in [-0.1, -0.05) is 46.3 Å². The number of amides is 1. The van der Waals surface area contributed by atoms with E-state index in [1.807, 2.05) is 0 Å². The maximum atomic E-state index is 14.4. The zero-order valence-electron chi connectivity index (χ0n) is 13.8. The molecule has 0 aliphatic carbocycles. The standard InChI is InChI=1S/C19H18BrF2NO3/c20-15-9-13(21)10-16(22)14(15)11-19(26,12-5-2-1-3-6-12)17-7-4-8-23(17)18(24)25/h1-3,5-6,9-10,17,26H,4,7-8,11H2,(H,24,25)/t17-,19-/m0/s1. The van der Waals surface area contributed by atoms with Gasteiger partial charge >= 0.3 is 6.09 Å². The average molecular weight is 426 g/mol. The number of likely N-dealkylation sites (tertiary alicyclic amines) is 1. The van der Waals surface area contributed by atoms with Crippen LogP contribution in [0, 0.1) is 11.6 Å². The van der Waals surface area contributed by atoms with Gasteiger partial charge in [0, 0.05) is 29.1 Å². The number of benzene rings is 2. The minimum absolute atomic E-state index is 0.106. The Bertz CT molecular complexity index is 795. The molecule has 0 bridgehead atoms. The smallest absolute Gasteiger partial charge is 0.407 e. The summed E-state index contributed by atoms with van der Waals surface area (Å²) in [5.74, 6) is -1.51. The van der Waals surface area contributed by atoms with Crippen LogP contribution in [0.15, 0.2) is 46.9 Å². The van der Waals surface area contributed by atoms with Gasteiger partial charge in [-0.3, -0.25) is 0 Å². The Balaban J connectivity index is 2.09. The predicted molar refractivity (Wildman–Crippen MR) is 95.9 cm³/mol. The van der Waals surface area contributed by atoms with Gasteiger partial charge in [0.05, 0.1) is 6.04 Å². The normalized spacial score (nSPS) is 19.4. The van der Waals surface area contributed by atoms with E-state index in [2.05, 4.69) is 15.9 Å². The summed E-state index contributed by atoms with van der Waals surface area (Å²) >= 11 is 3.15. The van der Waals surface area contributed by atoms with Crippen LogP contribution in [0.2, 0.25) is 0 Å². The Morgan fingerprint density at radius 3 is 2.58 bits per heavy atom. The summed E-state index contributed by atoms with van der Waals surface area (Å²) in [4.78, 5) is 12.8. The van der Waals surface area contributed by atoms with Gasteiger partial charge in [0.2, 0.25) is 0 Å². The predicted octanol–water partition coefficient (Wildman–Crippen LogP) is 4.30. The molecule has 1 amide bonds. The molecule has 0 spiro atoms. The fourth-order valence-corrected chi connectivity index (χ4v) is 4.19. The summed E-state index contributed by atoms with van der Waals surface area (Å²) in [5.41, 5.74) is -1.04. The van der Waals surface area contributed by atoms with E-state index >= 15 is 0 Å². The van der Waals surface area contributed by atoms with Gasteiger partial charge in [-0.05, 0) is 24.5 Å². The van der Waals surface area contributed by atoms with Crippen LogP contribution in [0.3, 0.4) is 0 Å². The second-order valence-corrected chi connectivity index (χ2v) is 7.30. The first-order chi connectivity index (χ1) is 12.3. The largest absolute Gasteiger partial charge is 0.465 e. The molecule has 138 valence electrons. The number of hydrogen-bond donors (Lipinski definition) is 2. The minimum Gasteiger partial charge on any atom is -0.465 e. The van der Waals surface area contributed by atoms with Gasteiger partial charge in [0.15, 0.2) is 0 Å². The Kier molecular flexibility index (Phi) is 5.29. The summed E-state index contributed by atoms with van der Waals surface area (Å²) in [6, 6.07) is 9.79. The van der Waals surface area contributed by atoms with Crippen molar-refractivity contribution in [3.8, 4) is 0 Å². The summed E-state index contributed by atoms with van der Waals surface area (Å²) in [5, 5.41) is 21.1. The number of nitrogens with zero attached hydrogens (tertiary/aromatic N) is 1. The van der Waals surface area contributed by atoms with E-state index in [4.69, 9.17) is 0 Å². The van der Waals surface area contributed by atoms with Crippen LogP contribution in [0.5, 0.6) is 0 Å². The fraction of sp³-hybridized carbons (Fsp3) is 0.316. The molecule has 0 saturated carbocycles. The zero-order chi connectivity index (χ0) is 18.9. The number of rotatable bonds is 4. The van der Waals surface area contributed by atoms with Crippen LogP contribution in [-0.2, 0) is 12.0 Å². The number of hydrogen-bond acceptors (Lipinski definition) is 2. The molecule has 1 saturated heterocycles. The Morgan fingerprint density at radius 2 is 1.96 bits per heavy atom. The van der Waals surface area contributed by atoms with Crippen molar-refractivity contribution in [3.05, 3.63) is 69.7 Å². The molecule has 0 aromatic heterocycles. The van der Waals surface area contributed by atoms with Crippen LogP contribution in [0.25, 0.3) is 0 Å². The van der Waals surface area contributed by atoms with Gasteiger partial charge in [-0.2, -0.15) is 0 Å². The lowest BCUT2D eigenvalue weighted by Gasteiger charge is -2.39. The van der Waals surface area contributed by atoms with E-state index in [-0.39, 0.29) is 16.5 Å². The fourth-order valence-electron chi connectivity index (χ4n) is 3.64. The van der Waals surface area contributed by atoms with E-state index in [0.717, 1.165) is 12.1 Å². The van der Waals surface area contributed by atoms with Crippen LogP contribution >= 0.6 is 15.9 Å². The van der Waals surface area contributed by atoms with Gasteiger partial charge in [0.1, 0.15) is 17.2 Å². The molecule has 7 heteroatoms. The highest BCUT2D eigenvalue weighted by molar-refractivity contribution is 9.10. The van der Waals surface area contributed by atoms with Gasteiger partial charge in [-0.25, -0.2) is 13.6 Å². The topological polar surface area (TPSA) is 60.8 Å². The zero-order valence-corrected chi connectivity index (χ0v) is 15.4. The van der Waals surface area contributed by atoms with Gasteiger partial charge in [-0.15, -0.1) is 0 Å². The van der Waals surface area contributed by atoms with E-state index in [1.165, 1.54) is 4.90 Å². The number of halogens is 3. The molecule has 1 aliphatic rings. The summed E-state index contributed by atoms with van der Waals surface area (Å²) in [6.07, 6.45) is -0.240. The highest BCUT2D eigenvalue weighted by atomic mass is 79.9. The first-order valence-corrected chi connectivity index (χ1v) is 9.03. The van der Waals surface area contributed by atoms with Gasteiger partial charge in [0.25, 0.3) is 0 Å². The summed E-state index contributed by atoms with van der Waals surface area (Å²) in [6.45, 7) is 0.308. The van der Waals surface area contributed by atoms with Crippen molar-refractivity contribution in [2.45, 2.75) is 30.9 Å². The van der Waals surface area contributed by atoms with Crippen molar-refractivity contribution in [1.29, 1.82) is 0 Å². The van der Waals surface area contributed by atoms with Crippen molar-refractivity contribution >= 4 is 22.0 Å². The van der Waals surface area contributed by atoms with E-state index in [1.54, 1.807) is 30.3 Å². The Morgan fingerprint density at radius 1 is 1.27 bits per heavy atom. The van der Waals surface area contributed by atoms with Crippen molar-refractivity contribution in [3.63, 3.8) is 0 Å². The molecule has 26 heavy (non-hydrogen) atoms. The maximum Gasteiger partial charge on any atom is 0.407 e. The lowest BCUT2D eigenvalue weighted by atomic mass is 9.80. The Labute approximate surface area is 158 Å². The first kappa shape index (κ1) is 18.8. The van der Waals surface area contributed by atoms with Crippen LogP contribution < -0.4 is 0 Å². The maximum absolute atomic E-state index is 14.4. The lowest BCUT2D eigenvalue weighted by Crippen LogP contribution is -2.50. The highest BCUT2D eigenvalue weighted by Gasteiger charge is 2.46. The van der Waals surface area contributed by atoms with Crippen molar-refractivity contribution in [2.75, 3.05) is 6.54 Å². The lowest BCUT2D eigenvalue weighted by molar-refractivity contribution is -0.0339. The number of aliphatic hydroxyl groups is 1. The molecule has 3 rings (SSSR count). The van der Waals surface area contributed by atoms with Crippen molar-refractivity contribution in [2.24, 2.45) is 0 Å². The molecule has 0 unspecified atom stereocenters. The molecule has 1 aliphatic heterocycles. The molecule has 0 radical (unpaired) electrons. The van der Waals surface area contributed by atoms with Crippen molar-refractivity contribution < 1.29 is 23.8 Å². The second kappa shape index (κ2) is 7.32. The van der Waals surface area contributed by atoms with Crippen LogP contribution in [0.4, 0.5) is 13.6 Å². The summed E-state index contributed by atoms with van der Waals surface area (Å²) in [7, 11) is 0. The Hall–Kier alpha value is -1.99. The third-order valence-corrected chi connectivity index (χ3v) is 5.58. The molecule has 2 atom stereocenters. The van der Waals surface area contributed by atoms with Crippen LogP contribution in [0.1, 0.15) is 24.0 Å². The molecular weight excluding hydrogens is 408 g/mol. The van der Waals surface area contributed by atoms with E-state index < -0.39 is 29.4 Å².